The molecule has 3 aromatic rings. The second-order valence-electron chi connectivity index (χ2n) is 10.0. The van der Waals surface area contributed by atoms with Gasteiger partial charge in [-0.1, -0.05) is 22.9 Å². The van der Waals surface area contributed by atoms with E-state index in [2.05, 4.69) is 20.1 Å². The Hall–Kier alpha value is -3.74. The third-order valence-corrected chi connectivity index (χ3v) is 7.49. The van der Waals surface area contributed by atoms with Crippen LogP contribution in [-0.4, -0.2) is 75.7 Å². The third kappa shape index (κ3) is 5.54. The molecule has 208 valence electrons. The first-order valence-corrected chi connectivity index (χ1v) is 13.0. The molecule has 5 rings (SSSR count). The smallest absolute Gasteiger partial charge is 0.324 e. The highest BCUT2D eigenvalue weighted by Gasteiger charge is 2.35. The van der Waals surface area contributed by atoms with Crippen molar-refractivity contribution >= 4 is 17.9 Å². The van der Waals surface area contributed by atoms with E-state index in [1.807, 2.05) is 24.8 Å². The van der Waals surface area contributed by atoms with Crippen LogP contribution in [0.25, 0.3) is 0 Å². The van der Waals surface area contributed by atoms with Crippen LogP contribution in [0.4, 0.5) is 25.1 Å². The van der Waals surface area contributed by atoms with Crippen molar-refractivity contribution < 1.29 is 22.5 Å². The lowest BCUT2D eigenvalue weighted by molar-refractivity contribution is 0.0661. The Bertz CT molecular complexity index is 1300. The summed E-state index contributed by atoms with van der Waals surface area (Å²) in [5.41, 5.74) is 8.29. The third-order valence-electron chi connectivity index (χ3n) is 7.49. The van der Waals surface area contributed by atoms with Crippen LogP contribution in [0.5, 0.6) is 0 Å². The van der Waals surface area contributed by atoms with Gasteiger partial charge in [-0.05, 0) is 38.3 Å². The lowest BCUT2D eigenvalue weighted by Crippen LogP contribution is -2.47. The van der Waals surface area contributed by atoms with Gasteiger partial charge in [-0.25, -0.2) is 23.1 Å². The van der Waals surface area contributed by atoms with Crippen molar-refractivity contribution in [3.63, 3.8) is 0 Å². The van der Waals surface area contributed by atoms with Crippen LogP contribution < -0.4 is 15.5 Å². The molecule has 4 heterocycles. The maximum Gasteiger partial charge on any atom is 0.324 e. The zero-order valence-electron chi connectivity index (χ0n) is 21.8. The van der Waals surface area contributed by atoms with E-state index in [1.54, 1.807) is 15.9 Å². The summed E-state index contributed by atoms with van der Waals surface area (Å²) in [5.74, 6) is -0.833. The summed E-state index contributed by atoms with van der Waals surface area (Å²) in [6.45, 7) is 6.26. The zero-order valence-corrected chi connectivity index (χ0v) is 21.8. The van der Waals surface area contributed by atoms with Gasteiger partial charge < -0.3 is 25.0 Å². The monoisotopic (exact) mass is 544 g/mol. The number of piperidine rings is 1. The van der Waals surface area contributed by atoms with E-state index in [1.165, 1.54) is 18.5 Å². The predicted molar refractivity (Wildman–Crippen MR) is 137 cm³/mol. The maximum atomic E-state index is 14.5. The number of amides is 1. The maximum absolute atomic E-state index is 14.5. The Kier molecular flexibility index (Phi) is 7.69. The number of alkyl halides is 2. The van der Waals surface area contributed by atoms with E-state index in [-0.39, 0.29) is 35.7 Å². The molecule has 2 N–H and O–H groups in total. The van der Waals surface area contributed by atoms with Gasteiger partial charge in [-0.15, -0.1) is 0 Å². The normalized spacial score (nSPS) is 20.2. The van der Waals surface area contributed by atoms with Gasteiger partial charge in [0.05, 0.1) is 5.56 Å². The van der Waals surface area contributed by atoms with Crippen LogP contribution in [0, 0.1) is 12.7 Å². The number of benzene rings is 1. The Morgan fingerprint density at radius 2 is 1.90 bits per heavy atom. The molecule has 1 aromatic carbocycles. The van der Waals surface area contributed by atoms with Gasteiger partial charge in [0.15, 0.2) is 0 Å². The molecule has 2 aliphatic heterocycles. The van der Waals surface area contributed by atoms with Crippen LogP contribution in [-0.2, 0) is 0 Å². The molecule has 2 aliphatic rings. The molecular weight excluding hydrogens is 513 g/mol. The number of halogens is 3. The summed E-state index contributed by atoms with van der Waals surface area (Å²) < 4.78 is 45.0. The summed E-state index contributed by atoms with van der Waals surface area (Å²) in [5, 5.41) is 3.31. The molecule has 10 nitrogen and oxygen atoms in total. The highest BCUT2D eigenvalue weighted by atomic mass is 19.3. The zero-order chi connectivity index (χ0) is 27.7. The molecule has 2 atom stereocenters. The van der Waals surface area contributed by atoms with Gasteiger partial charge in [0.2, 0.25) is 11.8 Å². The van der Waals surface area contributed by atoms with Crippen LogP contribution >= 0.6 is 0 Å². The van der Waals surface area contributed by atoms with Crippen LogP contribution in [0.1, 0.15) is 59.4 Å². The second-order valence-corrected chi connectivity index (χ2v) is 10.0. The highest BCUT2D eigenvalue weighted by Crippen LogP contribution is 2.31. The molecular formula is C26H31F3N8O2. The number of carbonyl (C=O) groups excluding carboxylic acids is 1. The molecule has 0 bridgehead atoms. The molecule has 0 radical (unpaired) electrons. The van der Waals surface area contributed by atoms with Crippen LogP contribution in [0.3, 0.4) is 0 Å². The predicted octanol–water partition coefficient (Wildman–Crippen LogP) is 3.31. The molecule has 0 aliphatic carbocycles. The largest absolute Gasteiger partial charge is 0.339 e. The van der Waals surface area contributed by atoms with E-state index in [0.29, 0.717) is 62.6 Å². The molecule has 0 saturated carbocycles. The molecule has 2 fully saturated rings. The summed E-state index contributed by atoms with van der Waals surface area (Å²) in [6, 6.07) is 4.78. The van der Waals surface area contributed by atoms with E-state index < -0.39 is 12.2 Å². The average Bonchev–Trinajstić information content (AvgIpc) is 3.59. The number of nitrogens with two attached hydrogens (primary N) is 1. The van der Waals surface area contributed by atoms with Crippen molar-refractivity contribution in [2.45, 2.75) is 51.1 Å². The Morgan fingerprint density at radius 1 is 1.18 bits per heavy atom. The lowest BCUT2D eigenvalue weighted by Gasteiger charge is -2.37. The van der Waals surface area contributed by atoms with Gasteiger partial charge in [0, 0.05) is 63.1 Å². The average molecular weight is 545 g/mol. The molecule has 0 unspecified atom stereocenters. The SMILES string of the molecule is CCN(C(=O)c1cnc(N2C[C@H](c3cc(C)ccc3F)[C@@H](N)C2)nc1)C1CCN(c2nc(C(F)F)no2)CC1. The van der Waals surface area contributed by atoms with E-state index >= 15 is 0 Å². The quantitative estimate of drug-likeness (QED) is 0.478. The minimum Gasteiger partial charge on any atom is -0.339 e. The summed E-state index contributed by atoms with van der Waals surface area (Å²) >= 11 is 0. The summed E-state index contributed by atoms with van der Waals surface area (Å²) in [7, 11) is 0. The van der Waals surface area contributed by atoms with Gasteiger partial charge in [0.25, 0.3) is 5.91 Å². The number of anilines is 2. The van der Waals surface area contributed by atoms with Gasteiger partial charge in [-0.2, -0.15) is 4.98 Å². The van der Waals surface area contributed by atoms with Crippen molar-refractivity contribution in [3.05, 3.63) is 58.9 Å². The van der Waals surface area contributed by atoms with E-state index in [9.17, 15) is 18.0 Å². The van der Waals surface area contributed by atoms with Crippen molar-refractivity contribution in [2.24, 2.45) is 5.73 Å². The van der Waals surface area contributed by atoms with Crippen molar-refractivity contribution in [1.29, 1.82) is 0 Å². The topological polar surface area (TPSA) is 118 Å². The van der Waals surface area contributed by atoms with Gasteiger partial charge in [-0.3, -0.25) is 4.79 Å². The summed E-state index contributed by atoms with van der Waals surface area (Å²) in [6.07, 6.45) is 1.47. The first-order chi connectivity index (χ1) is 18.7. The first-order valence-electron chi connectivity index (χ1n) is 13.0. The minimum absolute atomic E-state index is 0.0440. The minimum atomic E-state index is -2.79. The van der Waals surface area contributed by atoms with Crippen LogP contribution in [0.15, 0.2) is 35.1 Å². The number of carbonyl (C=O) groups is 1. The number of aromatic nitrogens is 4. The van der Waals surface area contributed by atoms with Gasteiger partial charge in [0.1, 0.15) is 5.82 Å². The van der Waals surface area contributed by atoms with E-state index in [4.69, 9.17) is 10.3 Å². The standard InChI is InChI=1S/C26H31F3N8O2/c1-3-37(17-6-8-35(9-7-17)26-33-23(22(28)29)34-39-26)24(38)16-11-31-25(32-12-16)36-13-19(21(30)14-36)18-10-15(2)4-5-20(18)27/h4-5,10-12,17,19,21-22H,3,6-9,13-14,30H2,1-2H3/t19-,21+/m1/s1. The molecule has 13 heteroatoms. The van der Waals surface area contributed by atoms with Crippen molar-refractivity contribution in [1.82, 2.24) is 25.0 Å². The Balaban J connectivity index is 1.21. The fourth-order valence-corrected chi connectivity index (χ4v) is 5.41. The lowest BCUT2D eigenvalue weighted by atomic mass is 9.93. The molecule has 0 spiro atoms. The number of hydrogen-bond acceptors (Lipinski definition) is 9. The van der Waals surface area contributed by atoms with Crippen LogP contribution in [0.2, 0.25) is 0 Å². The molecule has 39 heavy (non-hydrogen) atoms. The summed E-state index contributed by atoms with van der Waals surface area (Å²) in [4.78, 5) is 31.4. The second kappa shape index (κ2) is 11.2. The van der Waals surface area contributed by atoms with Crippen molar-refractivity contribution in [2.75, 3.05) is 42.5 Å². The fourth-order valence-electron chi connectivity index (χ4n) is 5.41. The first kappa shape index (κ1) is 26.9. The van der Waals surface area contributed by atoms with Gasteiger partial charge >= 0.3 is 12.4 Å². The Labute approximate surface area is 224 Å². The molecule has 1 amide bonds. The highest BCUT2D eigenvalue weighted by molar-refractivity contribution is 5.94. The number of hydrogen-bond donors (Lipinski definition) is 1. The number of nitrogens with zero attached hydrogens (tertiary/aromatic N) is 7. The number of rotatable bonds is 7. The Morgan fingerprint density at radius 3 is 2.54 bits per heavy atom. The van der Waals surface area contributed by atoms with E-state index in [0.717, 1.165) is 5.56 Å². The molecule has 2 saturated heterocycles. The molecule has 2 aromatic heterocycles. The fraction of sp³-hybridized carbons (Fsp3) is 0.500. The van der Waals surface area contributed by atoms with Crippen molar-refractivity contribution in [3.8, 4) is 0 Å². The number of aryl methyl sites for hydroxylation is 1.